The second kappa shape index (κ2) is 2.86. The van der Waals surface area contributed by atoms with E-state index in [2.05, 4.69) is 15.5 Å². The van der Waals surface area contributed by atoms with E-state index in [-0.39, 0.29) is 0 Å². The Kier molecular flexibility index (Phi) is 1.85. The lowest BCUT2D eigenvalue weighted by Crippen LogP contribution is -2.08. The molecule has 0 aliphatic rings. The minimum absolute atomic E-state index is 0.542. The molecule has 0 spiro atoms. The van der Waals surface area contributed by atoms with Crippen molar-refractivity contribution in [3.8, 4) is 0 Å². The van der Waals surface area contributed by atoms with Crippen molar-refractivity contribution >= 4 is 6.41 Å². The molecule has 1 rings (SSSR count). The number of nitrogens with zero attached hydrogens (tertiary/aromatic N) is 1. The summed E-state index contributed by atoms with van der Waals surface area (Å²) in [5.41, 5.74) is 0.974. The lowest BCUT2D eigenvalue weighted by atomic mass is 10.4. The molecule has 0 saturated carbocycles. The molecule has 0 aliphatic carbocycles. The maximum Gasteiger partial charge on any atom is 0.207 e. The molecule has 1 aromatic heterocycles. The Hall–Kier alpha value is -1.32. The molecule has 0 bridgehead atoms. The van der Waals surface area contributed by atoms with Crippen LogP contribution < -0.4 is 5.32 Å². The van der Waals surface area contributed by atoms with Gasteiger partial charge < -0.3 is 5.32 Å². The Labute approximate surface area is 52.3 Å². The van der Waals surface area contributed by atoms with Gasteiger partial charge in [-0.3, -0.25) is 9.89 Å². The lowest BCUT2D eigenvalue weighted by molar-refractivity contribution is -0.109. The molecule has 0 radical (unpaired) electrons. The molecule has 1 aromatic rings. The SMILES string of the molecule is O=CNCc1cn[nH]c1. The van der Waals surface area contributed by atoms with Gasteiger partial charge in [-0.05, 0) is 0 Å². The van der Waals surface area contributed by atoms with E-state index < -0.39 is 0 Å². The van der Waals surface area contributed by atoms with Crippen LogP contribution in [0.2, 0.25) is 0 Å². The van der Waals surface area contributed by atoms with Gasteiger partial charge in [0.05, 0.1) is 6.20 Å². The fourth-order valence-corrected chi connectivity index (χ4v) is 0.534. The van der Waals surface area contributed by atoms with Gasteiger partial charge in [0.15, 0.2) is 0 Å². The fraction of sp³-hybridized carbons (Fsp3) is 0.200. The molecule has 0 aliphatic heterocycles. The van der Waals surface area contributed by atoms with Crippen molar-refractivity contribution in [1.82, 2.24) is 15.5 Å². The Morgan fingerprint density at radius 2 is 2.78 bits per heavy atom. The minimum atomic E-state index is 0.542. The van der Waals surface area contributed by atoms with Crippen LogP contribution in [0.4, 0.5) is 0 Å². The van der Waals surface area contributed by atoms with Gasteiger partial charge in [-0.25, -0.2) is 0 Å². The van der Waals surface area contributed by atoms with Gasteiger partial charge >= 0.3 is 0 Å². The molecular formula is C5H7N3O. The van der Waals surface area contributed by atoms with Gasteiger partial charge in [-0.2, -0.15) is 5.10 Å². The zero-order valence-corrected chi connectivity index (χ0v) is 4.79. The van der Waals surface area contributed by atoms with Crippen LogP contribution in [-0.4, -0.2) is 16.6 Å². The van der Waals surface area contributed by atoms with E-state index >= 15 is 0 Å². The average molecular weight is 125 g/mol. The summed E-state index contributed by atoms with van der Waals surface area (Å²) in [6, 6.07) is 0. The number of aromatic amines is 1. The normalized spacial score (nSPS) is 8.89. The van der Waals surface area contributed by atoms with Gasteiger partial charge in [-0.15, -0.1) is 0 Å². The third-order valence-electron chi connectivity index (χ3n) is 0.944. The molecule has 2 N–H and O–H groups in total. The monoisotopic (exact) mass is 125 g/mol. The molecule has 4 nitrogen and oxygen atoms in total. The van der Waals surface area contributed by atoms with Crippen LogP contribution in [0, 0.1) is 0 Å². The summed E-state index contributed by atoms with van der Waals surface area (Å²) in [6.45, 7) is 0.542. The first-order valence-electron chi connectivity index (χ1n) is 2.58. The third-order valence-corrected chi connectivity index (χ3v) is 0.944. The van der Waals surface area contributed by atoms with Gasteiger partial charge in [0.1, 0.15) is 0 Å². The predicted molar refractivity (Wildman–Crippen MR) is 31.5 cm³/mol. The predicted octanol–water partition coefficient (Wildman–Crippen LogP) is -0.344. The van der Waals surface area contributed by atoms with Crippen molar-refractivity contribution in [2.45, 2.75) is 6.54 Å². The molecule has 48 valence electrons. The van der Waals surface area contributed by atoms with Crippen LogP contribution in [-0.2, 0) is 11.3 Å². The van der Waals surface area contributed by atoms with Gasteiger partial charge in [0.2, 0.25) is 6.41 Å². The van der Waals surface area contributed by atoms with Crippen molar-refractivity contribution in [2.24, 2.45) is 0 Å². The van der Waals surface area contributed by atoms with E-state index in [4.69, 9.17) is 0 Å². The van der Waals surface area contributed by atoms with Crippen LogP contribution in [0.5, 0.6) is 0 Å². The molecular weight excluding hydrogens is 118 g/mol. The third kappa shape index (κ3) is 1.56. The molecule has 4 heteroatoms. The van der Waals surface area contributed by atoms with Gasteiger partial charge in [0, 0.05) is 18.3 Å². The van der Waals surface area contributed by atoms with Crippen LogP contribution in [0.25, 0.3) is 0 Å². The highest BCUT2D eigenvalue weighted by molar-refractivity contribution is 5.46. The van der Waals surface area contributed by atoms with Gasteiger partial charge in [0.25, 0.3) is 0 Å². The molecule has 0 atom stereocenters. The zero-order chi connectivity index (χ0) is 6.53. The Morgan fingerprint density at radius 1 is 1.89 bits per heavy atom. The summed E-state index contributed by atoms with van der Waals surface area (Å²) < 4.78 is 0. The standard InChI is InChI=1S/C5H7N3O/c9-4-6-1-5-2-7-8-3-5/h2-4H,1H2,(H,6,9)(H,7,8). The number of hydrogen-bond acceptors (Lipinski definition) is 2. The summed E-state index contributed by atoms with van der Waals surface area (Å²) >= 11 is 0. The largest absolute Gasteiger partial charge is 0.354 e. The van der Waals surface area contributed by atoms with E-state index in [0.717, 1.165) is 5.56 Å². The number of nitrogens with one attached hydrogen (secondary N) is 2. The van der Waals surface area contributed by atoms with Crippen molar-refractivity contribution in [2.75, 3.05) is 0 Å². The topological polar surface area (TPSA) is 57.8 Å². The van der Waals surface area contributed by atoms with Crippen molar-refractivity contribution in [3.63, 3.8) is 0 Å². The van der Waals surface area contributed by atoms with E-state index in [9.17, 15) is 4.79 Å². The molecule has 0 fully saturated rings. The first-order valence-corrected chi connectivity index (χ1v) is 2.58. The van der Waals surface area contributed by atoms with Gasteiger partial charge in [-0.1, -0.05) is 0 Å². The number of hydrogen-bond donors (Lipinski definition) is 2. The molecule has 0 saturated heterocycles. The second-order valence-corrected chi connectivity index (χ2v) is 1.61. The number of amides is 1. The summed E-state index contributed by atoms with van der Waals surface area (Å²) in [5, 5.41) is 8.84. The highest BCUT2D eigenvalue weighted by Gasteiger charge is 1.88. The number of H-pyrrole nitrogens is 1. The van der Waals surface area contributed by atoms with Crippen molar-refractivity contribution in [1.29, 1.82) is 0 Å². The Morgan fingerprint density at radius 3 is 3.33 bits per heavy atom. The first-order chi connectivity index (χ1) is 4.43. The maximum atomic E-state index is 9.76. The smallest absolute Gasteiger partial charge is 0.207 e. The highest BCUT2D eigenvalue weighted by Crippen LogP contribution is 1.89. The fourth-order valence-electron chi connectivity index (χ4n) is 0.534. The zero-order valence-electron chi connectivity index (χ0n) is 4.79. The maximum absolute atomic E-state index is 9.76. The number of carbonyl (C=O) groups excluding carboxylic acids is 1. The van der Waals surface area contributed by atoms with E-state index in [1.807, 2.05) is 0 Å². The number of rotatable bonds is 3. The summed E-state index contributed by atoms with van der Waals surface area (Å²) in [7, 11) is 0. The number of carbonyl (C=O) groups is 1. The van der Waals surface area contributed by atoms with Crippen LogP contribution in [0.3, 0.4) is 0 Å². The summed E-state index contributed by atoms with van der Waals surface area (Å²) in [5.74, 6) is 0. The molecule has 1 amide bonds. The molecule has 1 heterocycles. The summed E-state index contributed by atoms with van der Waals surface area (Å²) in [6.07, 6.45) is 4.06. The second-order valence-electron chi connectivity index (χ2n) is 1.61. The quantitative estimate of drug-likeness (QED) is 0.543. The first kappa shape index (κ1) is 5.81. The molecule has 9 heavy (non-hydrogen) atoms. The Balaban J connectivity index is 2.38. The van der Waals surface area contributed by atoms with Crippen LogP contribution >= 0.6 is 0 Å². The highest BCUT2D eigenvalue weighted by atomic mass is 16.1. The lowest BCUT2D eigenvalue weighted by Gasteiger charge is -1.89. The summed E-state index contributed by atoms with van der Waals surface area (Å²) in [4.78, 5) is 9.76. The minimum Gasteiger partial charge on any atom is -0.354 e. The van der Waals surface area contributed by atoms with E-state index in [0.29, 0.717) is 13.0 Å². The van der Waals surface area contributed by atoms with Crippen LogP contribution in [0.1, 0.15) is 5.56 Å². The number of aromatic nitrogens is 2. The van der Waals surface area contributed by atoms with Crippen molar-refractivity contribution < 1.29 is 4.79 Å². The van der Waals surface area contributed by atoms with Crippen LogP contribution in [0.15, 0.2) is 12.4 Å². The van der Waals surface area contributed by atoms with E-state index in [1.54, 1.807) is 12.4 Å². The average Bonchev–Trinajstić information content (AvgIpc) is 2.34. The van der Waals surface area contributed by atoms with Crippen molar-refractivity contribution in [3.05, 3.63) is 18.0 Å². The molecule has 0 unspecified atom stereocenters. The van der Waals surface area contributed by atoms with E-state index in [1.165, 1.54) is 0 Å². The Bertz CT molecular complexity index is 170. The molecule has 0 aromatic carbocycles.